The molecule has 0 aromatic carbocycles. The summed E-state index contributed by atoms with van der Waals surface area (Å²) >= 11 is 1.93. The first-order valence-corrected chi connectivity index (χ1v) is 9.11. The molecule has 1 saturated heterocycles. The molecule has 112 valence electrons. The van der Waals surface area contributed by atoms with E-state index in [1.807, 2.05) is 11.3 Å². The van der Waals surface area contributed by atoms with Gasteiger partial charge in [-0.05, 0) is 42.5 Å². The fourth-order valence-corrected chi connectivity index (χ4v) is 4.62. The Kier molecular flexibility index (Phi) is 4.49. The van der Waals surface area contributed by atoms with Crippen LogP contribution in [0.2, 0.25) is 0 Å². The Balaban J connectivity index is 1.80. The van der Waals surface area contributed by atoms with Gasteiger partial charge in [-0.2, -0.15) is 0 Å². The second kappa shape index (κ2) is 6.17. The molecule has 2 fully saturated rings. The maximum atomic E-state index is 3.83. The summed E-state index contributed by atoms with van der Waals surface area (Å²) in [7, 11) is 0. The first-order chi connectivity index (χ1) is 9.70. The van der Waals surface area contributed by atoms with Gasteiger partial charge in [0.25, 0.3) is 0 Å². The van der Waals surface area contributed by atoms with E-state index in [0.717, 1.165) is 17.9 Å². The van der Waals surface area contributed by atoms with Gasteiger partial charge in [0.15, 0.2) is 0 Å². The van der Waals surface area contributed by atoms with Crippen LogP contribution in [-0.2, 0) is 0 Å². The van der Waals surface area contributed by atoms with E-state index in [4.69, 9.17) is 0 Å². The number of rotatable bonds is 5. The zero-order valence-corrected chi connectivity index (χ0v) is 13.8. The molecule has 3 atom stereocenters. The van der Waals surface area contributed by atoms with Crippen molar-refractivity contribution in [3.8, 4) is 0 Å². The van der Waals surface area contributed by atoms with Crippen LogP contribution in [0, 0.1) is 11.8 Å². The number of piperazine rings is 1. The number of thiophene rings is 1. The van der Waals surface area contributed by atoms with Gasteiger partial charge in [-0.1, -0.05) is 26.8 Å². The first kappa shape index (κ1) is 14.6. The Morgan fingerprint density at radius 3 is 2.75 bits per heavy atom. The molecule has 1 aliphatic heterocycles. The van der Waals surface area contributed by atoms with Gasteiger partial charge in [-0.25, -0.2) is 0 Å². The van der Waals surface area contributed by atoms with Gasteiger partial charge in [0.05, 0.1) is 0 Å². The highest BCUT2D eigenvalue weighted by Gasteiger charge is 2.40. The third kappa shape index (κ3) is 2.95. The molecule has 1 aromatic rings. The smallest absolute Gasteiger partial charge is 0.0443 e. The fraction of sp³-hybridized carbons (Fsp3) is 0.765. The van der Waals surface area contributed by atoms with Crippen molar-refractivity contribution in [3.05, 3.63) is 22.4 Å². The van der Waals surface area contributed by atoms with Gasteiger partial charge in [0, 0.05) is 36.1 Å². The zero-order chi connectivity index (χ0) is 14.1. The van der Waals surface area contributed by atoms with Gasteiger partial charge in [-0.3, -0.25) is 4.90 Å². The van der Waals surface area contributed by atoms with E-state index in [9.17, 15) is 0 Å². The summed E-state index contributed by atoms with van der Waals surface area (Å²) in [6, 6.07) is 6.56. The molecular weight excluding hydrogens is 264 g/mol. The number of nitrogens with zero attached hydrogens (tertiary/aromatic N) is 1. The van der Waals surface area contributed by atoms with Crippen molar-refractivity contribution >= 4 is 11.3 Å². The second-order valence-electron chi connectivity index (χ2n) is 6.80. The minimum absolute atomic E-state index is 0.616. The van der Waals surface area contributed by atoms with Crippen LogP contribution in [0.1, 0.15) is 51.0 Å². The van der Waals surface area contributed by atoms with Gasteiger partial charge in [0.1, 0.15) is 0 Å². The lowest BCUT2D eigenvalue weighted by molar-refractivity contribution is 0.0495. The van der Waals surface area contributed by atoms with E-state index in [2.05, 4.69) is 48.5 Å². The summed E-state index contributed by atoms with van der Waals surface area (Å²) in [4.78, 5) is 4.37. The molecule has 2 nitrogen and oxygen atoms in total. The molecule has 0 bridgehead atoms. The molecular formula is C17H28N2S. The molecule has 0 amide bonds. The van der Waals surface area contributed by atoms with Crippen molar-refractivity contribution in [2.75, 3.05) is 13.1 Å². The van der Waals surface area contributed by atoms with E-state index in [1.165, 1.54) is 32.4 Å². The van der Waals surface area contributed by atoms with Gasteiger partial charge < -0.3 is 5.32 Å². The maximum Gasteiger partial charge on any atom is 0.0443 e. The highest BCUT2D eigenvalue weighted by Crippen LogP contribution is 2.38. The third-order valence-corrected chi connectivity index (χ3v) is 6.02. The van der Waals surface area contributed by atoms with Crippen molar-refractivity contribution in [2.24, 2.45) is 11.8 Å². The van der Waals surface area contributed by atoms with E-state index >= 15 is 0 Å². The van der Waals surface area contributed by atoms with Crippen LogP contribution in [0.5, 0.6) is 0 Å². The minimum atomic E-state index is 0.616. The van der Waals surface area contributed by atoms with E-state index in [0.29, 0.717) is 12.1 Å². The van der Waals surface area contributed by atoms with Crippen molar-refractivity contribution < 1.29 is 0 Å². The third-order valence-electron chi connectivity index (χ3n) is 5.04. The molecule has 0 radical (unpaired) electrons. The van der Waals surface area contributed by atoms with Crippen LogP contribution in [0.25, 0.3) is 0 Å². The normalized spacial score (nSPS) is 29.8. The Morgan fingerprint density at radius 2 is 2.20 bits per heavy atom. The van der Waals surface area contributed by atoms with Crippen molar-refractivity contribution in [2.45, 2.75) is 58.2 Å². The lowest BCUT2D eigenvalue weighted by Gasteiger charge is -2.46. The lowest BCUT2D eigenvalue weighted by atomic mass is 9.94. The Hall–Kier alpha value is -0.380. The van der Waals surface area contributed by atoms with E-state index < -0.39 is 0 Å². The summed E-state index contributed by atoms with van der Waals surface area (Å²) in [6.07, 6.45) is 4.10. The van der Waals surface area contributed by atoms with Crippen LogP contribution in [0.3, 0.4) is 0 Å². The summed E-state index contributed by atoms with van der Waals surface area (Å²) in [5, 5.41) is 6.05. The monoisotopic (exact) mass is 292 g/mol. The SMILES string of the molecule is CCC(c1cccs1)N1CC(C2CC2)NCC1C(C)C. The summed E-state index contributed by atoms with van der Waals surface area (Å²) in [5.74, 6) is 1.67. The van der Waals surface area contributed by atoms with Gasteiger partial charge in [-0.15, -0.1) is 11.3 Å². The molecule has 3 unspecified atom stereocenters. The van der Waals surface area contributed by atoms with Gasteiger partial charge in [0.2, 0.25) is 0 Å². The Bertz CT molecular complexity index is 411. The first-order valence-electron chi connectivity index (χ1n) is 8.23. The summed E-state index contributed by atoms with van der Waals surface area (Å²) in [6.45, 7) is 9.50. The highest BCUT2D eigenvalue weighted by atomic mass is 32.1. The predicted molar refractivity (Wildman–Crippen MR) is 87.2 cm³/mol. The lowest BCUT2D eigenvalue weighted by Crippen LogP contribution is -2.59. The molecule has 1 aliphatic carbocycles. The minimum Gasteiger partial charge on any atom is -0.311 e. The fourth-order valence-electron chi connectivity index (χ4n) is 3.69. The summed E-state index contributed by atoms with van der Waals surface area (Å²) < 4.78 is 0. The maximum absolute atomic E-state index is 3.83. The predicted octanol–water partition coefficient (Wildman–Crippen LogP) is 3.91. The average Bonchev–Trinajstić information content (AvgIpc) is 3.16. The van der Waals surface area contributed by atoms with Crippen LogP contribution >= 0.6 is 11.3 Å². The second-order valence-corrected chi connectivity index (χ2v) is 7.78. The van der Waals surface area contributed by atoms with Crippen LogP contribution in [0.15, 0.2) is 17.5 Å². The number of nitrogens with one attached hydrogen (secondary N) is 1. The quantitative estimate of drug-likeness (QED) is 0.885. The Morgan fingerprint density at radius 1 is 1.40 bits per heavy atom. The molecule has 1 saturated carbocycles. The van der Waals surface area contributed by atoms with E-state index in [-0.39, 0.29) is 0 Å². The van der Waals surface area contributed by atoms with Crippen LogP contribution in [-0.4, -0.2) is 30.1 Å². The zero-order valence-electron chi connectivity index (χ0n) is 13.0. The number of hydrogen-bond donors (Lipinski definition) is 1. The molecule has 20 heavy (non-hydrogen) atoms. The van der Waals surface area contributed by atoms with Crippen molar-refractivity contribution in [3.63, 3.8) is 0 Å². The number of hydrogen-bond acceptors (Lipinski definition) is 3. The van der Waals surface area contributed by atoms with Crippen molar-refractivity contribution in [1.82, 2.24) is 10.2 Å². The van der Waals surface area contributed by atoms with Crippen molar-refractivity contribution in [1.29, 1.82) is 0 Å². The van der Waals surface area contributed by atoms with E-state index in [1.54, 1.807) is 4.88 Å². The van der Waals surface area contributed by atoms with Crippen LogP contribution < -0.4 is 5.32 Å². The molecule has 1 aromatic heterocycles. The molecule has 1 N–H and O–H groups in total. The molecule has 3 rings (SSSR count). The standard InChI is InChI=1S/C17H28N2S/c1-4-15(17-6-5-9-20-17)19-11-14(13-7-8-13)18-10-16(19)12(2)3/h5-6,9,12-16,18H,4,7-8,10-11H2,1-3H3. The average molecular weight is 292 g/mol. The summed E-state index contributed by atoms with van der Waals surface area (Å²) in [5.41, 5.74) is 0. The molecule has 2 heterocycles. The molecule has 3 heteroatoms. The van der Waals surface area contributed by atoms with Crippen LogP contribution in [0.4, 0.5) is 0 Å². The largest absolute Gasteiger partial charge is 0.311 e. The molecule has 2 aliphatic rings. The Labute approximate surface area is 127 Å². The van der Waals surface area contributed by atoms with Gasteiger partial charge >= 0.3 is 0 Å². The molecule has 0 spiro atoms. The highest BCUT2D eigenvalue weighted by molar-refractivity contribution is 7.10. The topological polar surface area (TPSA) is 15.3 Å².